The van der Waals surface area contributed by atoms with Crippen molar-refractivity contribution in [3.05, 3.63) is 0 Å². The first-order valence-electron chi connectivity index (χ1n) is 14.3. The van der Waals surface area contributed by atoms with Crippen LogP contribution in [-0.2, 0) is 13.6 Å². The van der Waals surface area contributed by atoms with Crippen LogP contribution in [0.4, 0.5) is 0 Å². The van der Waals surface area contributed by atoms with Crippen molar-refractivity contribution in [2.45, 2.75) is 128 Å². The maximum atomic E-state index is 11.8. The van der Waals surface area contributed by atoms with E-state index in [2.05, 4.69) is 0 Å². The number of phosphoric acid groups is 1. The molecule has 7 heteroatoms. The Morgan fingerprint density at radius 1 is 0.529 bits per heavy atom. The molecular formula is C27H59NO5P+. The molecule has 2 N–H and O–H groups in total. The molecule has 0 radical (unpaired) electrons. The van der Waals surface area contributed by atoms with Crippen molar-refractivity contribution in [2.24, 2.45) is 0 Å². The van der Waals surface area contributed by atoms with Gasteiger partial charge in [-0.15, -0.1) is 0 Å². The summed E-state index contributed by atoms with van der Waals surface area (Å²) in [7, 11) is 2.16. The highest BCUT2D eigenvalue weighted by Crippen LogP contribution is 2.43. The molecule has 0 fully saturated rings. The lowest BCUT2D eigenvalue weighted by Gasteiger charge is -2.24. The molecule has 1 atom stereocenters. The first kappa shape index (κ1) is 34.0. The summed E-state index contributed by atoms with van der Waals surface area (Å²) in [4.78, 5) is 9.67. The van der Waals surface area contributed by atoms with Gasteiger partial charge in [-0.25, -0.2) is 4.57 Å². The third-order valence-corrected chi connectivity index (χ3v) is 7.34. The number of nitrogens with zero attached hydrogens (tertiary/aromatic N) is 1. The Kier molecular flexibility index (Phi) is 23.5. The maximum Gasteiger partial charge on any atom is 0.472 e. The number of hydrogen-bond donors (Lipinski definition) is 2. The average Bonchev–Trinajstić information content (AvgIpc) is 2.76. The minimum Gasteiger partial charge on any atom is -0.396 e. The number of aliphatic hydroxyl groups is 1. The summed E-state index contributed by atoms with van der Waals surface area (Å²) in [5, 5.41) is 8.76. The second kappa shape index (κ2) is 23.4. The molecule has 0 bridgehead atoms. The normalized spacial score (nSPS) is 13.9. The van der Waals surface area contributed by atoms with Crippen LogP contribution in [0.2, 0.25) is 0 Å². The Morgan fingerprint density at radius 3 is 1.15 bits per heavy atom. The fourth-order valence-electron chi connectivity index (χ4n) is 4.04. The van der Waals surface area contributed by atoms with Crippen LogP contribution in [0.3, 0.4) is 0 Å². The van der Waals surface area contributed by atoms with Crippen LogP contribution in [0, 0.1) is 0 Å². The summed E-state index contributed by atoms with van der Waals surface area (Å²) in [6.45, 7) is 1.54. The lowest BCUT2D eigenvalue weighted by Crippen LogP contribution is -2.37. The molecule has 0 aromatic rings. The van der Waals surface area contributed by atoms with Crippen molar-refractivity contribution >= 4 is 7.82 Å². The molecule has 1 unspecified atom stereocenters. The van der Waals surface area contributed by atoms with E-state index < -0.39 is 7.82 Å². The molecule has 0 aromatic heterocycles. The van der Waals surface area contributed by atoms with E-state index in [4.69, 9.17) is 14.2 Å². The summed E-state index contributed by atoms with van der Waals surface area (Å²) in [6, 6.07) is 0. The second-order valence-electron chi connectivity index (χ2n) is 10.9. The number of phosphoric ester groups is 1. The predicted molar refractivity (Wildman–Crippen MR) is 144 cm³/mol. The molecule has 6 nitrogen and oxygen atoms in total. The van der Waals surface area contributed by atoms with E-state index in [1.165, 1.54) is 109 Å². The highest BCUT2D eigenvalue weighted by molar-refractivity contribution is 7.47. The molecule has 0 rings (SSSR count). The van der Waals surface area contributed by atoms with E-state index in [0.717, 1.165) is 19.3 Å². The van der Waals surface area contributed by atoms with Gasteiger partial charge in [0.25, 0.3) is 0 Å². The number of aliphatic hydroxyl groups excluding tert-OH is 1. The summed E-state index contributed by atoms with van der Waals surface area (Å²) in [5.74, 6) is 0. The number of unbranched alkanes of at least 4 members (excludes halogenated alkanes) is 19. The van der Waals surface area contributed by atoms with E-state index >= 15 is 0 Å². The Morgan fingerprint density at radius 2 is 0.824 bits per heavy atom. The summed E-state index contributed by atoms with van der Waals surface area (Å²) in [6.07, 6.45) is 25.6. The quantitative estimate of drug-likeness (QED) is 0.0678. The van der Waals surface area contributed by atoms with Crippen molar-refractivity contribution in [1.29, 1.82) is 0 Å². The predicted octanol–water partition coefficient (Wildman–Crippen LogP) is 7.62. The molecule has 0 aromatic carbocycles. The monoisotopic (exact) mass is 508 g/mol. The summed E-state index contributed by atoms with van der Waals surface area (Å²) >= 11 is 0. The molecule has 0 spiro atoms. The van der Waals surface area contributed by atoms with E-state index in [0.29, 0.717) is 24.2 Å². The fourth-order valence-corrected chi connectivity index (χ4v) is 4.79. The van der Waals surface area contributed by atoms with Crippen molar-refractivity contribution in [1.82, 2.24) is 0 Å². The molecule has 0 aliphatic heterocycles. The number of rotatable bonds is 27. The first-order valence-corrected chi connectivity index (χ1v) is 15.8. The van der Waals surface area contributed by atoms with Gasteiger partial charge in [0.15, 0.2) is 0 Å². The van der Waals surface area contributed by atoms with Crippen molar-refractivity contribution < 1.29 is 28.1 Å². The van der Waals surface area contributed by atoms with Crippen molar-refractivity contribution in [3.63, 3.8) is 0 Å². The first-order chi connectivity index (χ1) is 16.3. The molecular weight excluding hydrogens is 449 g/mol. The van der Waals surface area contributed by atoms with Crippen LogP contribution in [0.15, 0.2) is 0 Å². The van der Waals surface area contributed by atoms with E-state index in [9.17, 15) is 9.46 Å². The minimum atomic E-state index is -3.89. The zero-order valence-electron chi connectivity index (χ0n) is 23.0. The summed E-state index contributed by atoms with van der Waals surface area (Å²) in [5.41, 5.74) is 0. The summed E-state index contributed by atoms with van der Waals surface area (Å²) < 4.78 is 22.6. The molecule has 0 aliphatic carbocycles. The standard InChI is InChI=1S/C27H58NO5P/c1-28(2,3)24-27-33-34(30,31)32-26-23-21-19-17-15-13-11-9-7-5-4-6-8-10-12-14-16-18-20-22-25-29/h29H,4-27H2,1-3H3/p+1. The fraction of sp³-hybridized carbons (Fsp3) is 1.00. The van der Waals surface area contributed by atoms with E-state index in [1.54, 1.807) is 0 Å². The van der Waals surface area contributed by atoms with E-state index in [-0.39, 0.29) is 6.61 Å². The molecule has 0 amide bonds. The van der Waals surface area contributed by atoms with Gasteiger partial charge in [0.1, 0.15) is 13.2 Å². The third kappa shape index (κ3) is 28.3. The highest BCUT2D eigenvalue weighted by Gasteiger charge is 2.21. The Hall–Kier alpha value is 0.0300. The number of likely N-dealkylation sites (N-methyl/N-ethyl adjacent to an activating group) is 1. The zero-order valence-corrected chi connectivity index (χ0v) is 23.9. The van der Waals surface area contributed by atoms with E-state index in [1.807, 2.05) is 21.1 Å². The van der Waals surface area contributed by atoms with Gasteiger partial charge in [-0.2, -0.15) is 0 Å². The smallest absolute Gasteiger partial charge is 0.396 e. The highest BCUT2D eigenvalue weighted by atomic mass is 31.2. The van der Waals surface area contributed by atoms with Crippen molar-refractivity contribution in [3.8, 4) is 0 Å². The Balaban J connectivity index is 3.22. The minimum absolute atomic E-state index is 0.227. The van der Waals surface area contributed by atoms with Crippen LogP contribution in [0.5, 0.6) is 0 Å². The van der Waals surface area contributed by atoms with Crippen LogP contribution >= 0.6 is 7.82 Å². The van der Waals surface area contributed by atoms with Gasteiger partial charge in [-0.3, -0.25) is 9.05 Å². The third-order valence-electron chi connectivity index (χ3n) is 6.32. The maximum absolute atomic E-state index is 11.8. The molecule has 34 heavy (non-hydrogen) atoms. The zero-order chi connectivity index (χ0) is 25.4. The lowest BCUT2D eigenvalue weighted by atomic mass is 10.0. The van der Waals surface area contributed by atoms with Crippen LogP contribution in [-0.4, -0.2) is 62.0 Å². The molecule has 0 saturated carbocycles. The number of quaternary nitrogens is 1. The molecule has 0 aliphatic rings. The van der Waals surface area contributed by atoms with Gasteiger partial charge in [-0.1, -0.05) is 116 Å². The Bertz CT molecular complexity index is 470. The van der Waals surface area contributed by atoms with Crippen molar-refractivity contribution in [2.75, 3.05) is 47.5 Å². The van der Waals surface area contributed by atoms with Gasteiger partial charge in [0.2, 0.25) is 0 Å². The molecule has 0 saturated heterocycles. The molecule has 206 valence electrons. The average molecular weight is 509 g/mol. The SMILES string of the molecule is C[N+](C)(C)CCOP(=O)(O)OCCCCCCCCCCCCCCCCCCCCCCO. The largest absolute Gasteiger partial charge is 0.472 e. The van der Waals surface area contributed by atoms with Gasteiger partial charge in [0, 0.05) is 6.61 Å². The Labute approximate surface area is 212 Å². The van der Waals surface area contributed by atoms with Gasteiger partial charge in [0.05, 0.1) is 27.7 Å². The van der Waals surface area contributed by atoms with Crippen LogP contribution in [0.25, 0.3) is 0 Å². The van der Waals surface area contributed by atoms with Crippen LogP contribution in [0.1, 0.15) is 128 Å². The van der Waals surface area contributed by atoms with Gasteiger partial charge < -0.3 is 14.5 Å². The second-order valence-corrected chi connectivity index (χ2v) is 12.4. The van der Waals surface area contributed by atoms with Crippen LogP contribution < -0.4 is 0 Å². The topological polar surface area (TPSA) is 76.0 Å². The van der Waals surface area contributed by atoms with Gasteiger partial charge >= 0.3 is 7.82 Å². The van der Waals surface area contributed by atoms with Gasteiger partial charge in [-0.05, 0) is 12.8 Å². The number of hydrogen-bond acceptors (Lipinski definition) is 4. The molecule has 0 heterocycles. The lowest BCUT2D eigenvalue weighted by molar-refractivity contribution is -0.870.